The smallest absolute Gasteiger partial charge is 0.416 e. The first-order valence-electron chi connectivity index (χ1n) is 11.1. The molecule has 35 heavy (non-hydrogen) atoms. The van der Waals surface area contributed by atoms with E-state index >= 15 is 0 Å². The van der Waals surface area contributed by atoms with Gasteiger partial charge < -0.3 is 24.7 Å². The molecule has 0 aliphatic rings. The summed E-state index contributed by atoms with van der Waals surface area (Å²) in [6.45, 7) is 2.66. The minimum Gasteiger partial charge on any atom is -0.491 e. The Kier molecular flexibility index (Phi) is 11.7. The van der Waals surface area contributed by atoms with Crippen molar-refractivity contribution in [2.24, 2.45) is 11.7 Å². The van der Waals surface area contributed by atoms with Gasteiger partial charge in [-0.2, -0.15) is 13.2 Å². The molecule has 0 aliphatic carbocycles. The lowest BCUT2D eigenvalue weighted by Crippen LogP contribution is -2.26. The van der Waals surface area contributed by atoms with Gasteiger partial charge in [-0.25, -0.2) is 0 Å². The molecular formula is C25H30F3NO6. The summed E-state index contributed by atoms with van der Waals surface area (Å²) in [5.41, 5.74) is 5.33. The van der Waals surface area contributed by atoms with Crippen molar-refractivity contribution in [3.8, 4) is 5.75 Å². The third kappa shape index (κ3) is 9.67. The van der Waals surface area contributed by atoms with Crippen LogP contribution in [0.15, 0.2) is 48.5 Å². The fourth-order valence-corrected chi connectivity index (χ4v) is 3.21. The molecule has 0 heterocycles. The zero-order valence-electron chi connectivity index (χ0n) is 19.5. The summed E-state index contributed by atoms with van der Waals surface area (Å²) >= 11 is 0. The van der Waals surface area contributed by atoms with E-state index < -0.39 is 29.4 Å². The zero-order valence-corrected chi connectivity index (χ0v) is 19.5. The lowest BCUT2D eigenvalue weighted by Gasteiger charge is -2.15. The molecule has 0 radical (unpaired) electrons. The summed E-state index contributed by atoms with van der Waals surface area (Å²) < 4.78 is 59.2. The fraction of sp³-hybridized carbons (Fsp3) is 0.440. The highest BCUT2D eigenvalue weighted by atomic mass is 19.4. The Morgan fingerprint density at radius 1 is 0.886 bits per heavy atom. The molecule has 192 valence electrons. The van der Waals surface area contributed by atoms with E-state index in [1.807, 2.05) is 12.1 Å². The van der Waals surface area contributed by atoms with Gasteiger partial charge in [0.15, 0.2) is 5.78 Å². The number of ketones is 1. The maximum Gasteiger partial charge on any atom is 0.416 e. The number of aryl methyl sites for hydroxylation is 1. The molecule has 7 nitrogen and oxygen atoms in total. The summed E-state index contributed by atoms with van der Waals surface area (Å²) in [6.07, 6.45) is -3.98. The van der Waals surface area contributed by atoms with Crippen LogP contribution in [-0.2, 0) is 31.6 Å². The third-order valence-electron chi connectivity index (χ3n) is 5.07. The molecule has 0 spiro atoms. The first-order chi connectivity index (χ1) is 16.8. The molecular weight excluding hydrogens is 467 g/mol. The molecule has 0 saturated heterocycles. The summed E-state index contributed by atoms with van der Waals surface area (Å²) in [5.74, 6) is -1.80. The molecule has 1 unspecified atom stereocenters. The Bertz CT molecular complexity index is 916. The van der Waals surface area contributed by atoms with Gasteiger partial charge in [-0.3, -0.25) is 9.59 Å². The van der Waals surface area contributed by atoms with Crippen LogP contribution in [0.2, 0.25) is 0 Å². The van der Waals surface area contributed by atoms with Crippen molar-refractivity contribution in [2.45, 2.75) is 19.0 Å². The predicted molar refractivity (Wildman–Crippen MR) is 122 cm³/mol. The molecule has 2 aromatic carbocycles. The Hall–Kier alpha value is -2.95. The maximum atomic E-state index is 12.8. The van der Waals surface area contributed by atoms with Gasteiger partial charge >= 0.3 is 12.1 Å². The van der Waals surface area contributed by atoms with E-state index in [0.717, 1.165) is 29.8 Å². The van der Waals surface area contributed by atoms with Gasteiger partial charge in [-0.1, -0.05) is 24.3 Å². The number of benzene rings is 2. The number of alkyl halides is 3. The van der Waals surface area contributed by atoms with Crippen LogP contribution < -0.4 is 10.5 Å². The summed E-state index contributed by atoms with van der Waals surface area (Å²) in [7, 11) is 1.17. The van der Waals surface area contributed by atoms with Gasteiger partial charge in [-0.05, 0) is 42.7 Å². The molecule has 0 aliphatic heterocycles. The van der Waals surface area contributed by atoms with E-state index in [0.29, 0.717) is 51.7 Å². The molecule has 0 saturated carbocycles. The van der Waals surface area contributed by atoms with Crippen molar-refractivity contribution in [3.05, 3.63) is 65.2 Å². The quantitative estimate of drug-likeness (QED) is 0.174. The molecule has 0 bridgehead atoms. The second-order valence-corrected chi connectivity index (χ2v) is 7.56. The predicted octanol–water partition coefficient (Wildman–Crippen LogP) is 3.68. The highest BCUT2D eigenvalue weighted by Gasteiger charge is 2.32. The van der Waals surface area contributed by atoms with Gasteiger partial charge in [0.2, 0.25) is 0 Å². The second-order valence-electron chi connectivity index (χ2n) is 7.56. The van der Waals surface area contributed by atoms with Gasteiger partial charge in [0.25, 0.3) is 0 Å². The van der Waals surface area contributed by atoms with Gasteiger partial charge in [0.1, 0.15) is 18.3 Å². The fourth-order valence-electron chi connectivity index (χ4n) is 3.21. The SMILES string of the molecule is COC(=O)C(CCc1ccc(OCCOCCOCCN)cc1)C(=O)c1ccc(C(F)(F)F)cc1. The highest BCUT2D eigenvalue weighted by Crippen LogP contribution is 2.29. The molecule has 1 atom stereocenters. The zero-order chi connectivity index (χ0) is 25.7. The number of rotatable bonds is 15. The summed E-state index contributed by atoms with van der Waals surface area (Å²) in [6, 6.07) is 11.0. The number of Topliss-reactive ketones (excluding diaryl/α,β-unsaturated/α-hetero) is 1. The Labute approximate surface area is 202 Å². The Balaban J connectivity index is 1.86. The molecule has 0 fully saturated rings. The topological polar surface area (TPSA) is 97.1 Å². The lowest BCUT2D eigenvalue weighted by atomic mass is 9.91. The number of nitrogens with two attached hydrogens (primary N) is 1. The average molecular weight is 498 g/mol. The van der Waals surface area contributed by atoms with Crippen LogP contribution in [0, 0.1) is 5.92 Å². The van der Waals surface area contributed by atoms with E-state index in [1.165, 1.54) is 7.11 Å². The molecule has 0 aromatic heterocycles. The number of carbonyl (C=O) groups excluding carboxylic acids is 2. The number of carbonyl (C=O) groups is 2. The summed E-state index contributed by atoms with van der Waals surface area (Å²) in [4.78, 5) is 25.0. The normalized spacial score (nSPS) is 12.3. The van der Waals surface area contributed by atoms with Crippen molar-refractivity contribution in [3.63, 3.8) is 0 Å². The first kappa shape index (κ1) is 28.3. The molecule has 10 heteroatoms. The van der Waals surface area contributed by atoms with Gasteiger partial charge in [0, 0.05) is 12.1 Å². The van der Waals surface area contributed by atoms with Gasteiger partial charge in [-0.15, -0.1) is 0 Å². The number of methoxy groups -OCH3 is 1. The van der Waals surface area contributed by atoms with Crippen molar-refractivity contribution in [2.75, 3.05) is 46.7 Å². The van der Waals surface area contributed by atoms with Crippen LogP contribution in [0.1, 0.15) is 27.9 Å². The summed E-state index contributed by atoms with van der Waals surface area (Å²) in [5, 5.41) is 0. The number of hydrogen-bond acceptors (Lipinski definition) is 7. The van der Waals surface area contributed by atoms with E-state index in [1.54, 1.807) is 12.1 Å². The van der Waals surface area contributed by atoms with E-state index in [9.17, 15) is 22.8 Å². The number of ether oxygens (including phenoxy) is 4. The molecule has 0 amide bonds. The van der Waals surface area contributed by atoms with Crippen molar-refractivity contribution in [1.82, 2.24) is 0 Å². The van der Waals surface area contributed by atoms with Crippen molar-refractivity contribution >= 4 is 11.8 Å². The maximum absolute atomic E-state index is 12.8. The van der Waals surface area contributed by atoms with Crippen molar-refractivity contribution < 1.29 is 41.7 Å². The number of esters is 1. The number of halogens is 3. The van der Waals surface area contributed by atoms with Crippen LogP contribution in [0.4, 0.5) is 13.2 Å². The van der Waals surface area contributed by atoms with Gasteiger partial charge in [0.05, 0.1) is 39.1 Å². The molecule has 2 aromatic rings. The Morgan fingerprint density at radius 3 is 2.06 bits per heavy atom. The standard InChI is InChI=1S/C25H30F3NO6/c1-32-24(31)22(23(30)19-5-7-20(8-6-19)25(26,27)28)11-4-18-2-9-21(10-3-18)35-17-16-34-15-14-33-13-12-29/h2-3,5-10,22H,4,11-17,29H2,1H3. The minimum absolute atomic E-state index is 0.0188. The highest BCUT2D eigenvalue weighted by molar-refractivity contribution is 6.08. The lowest BCUT2D eigenvalue weighted by molar-refractivity contribution is -0.144. The van der Waals surface area contributed by atoms with Crippen LogP contribution in [0.5, 0.6) is 5.75 Å². The van der Waals surface area contributed by atoms with Crippen LogP contribution >= 0.6 is 0 Å². The first-order valence-corrected chi connectivity index (χ1v) is 11.1. The molecule has 2 N–H and O–H groups in total. The number of hydrogen-bond donors (Lipinski definition) is 1. The van der Waals surface area contributed by atoms with Crippen LogP contribution in [-0.4, -0.2) is 58.4 Å². The molecule has 2 rings (SSSR count). The van der Waals surface area contributed by atoms with E-state index in [-0.39, 0.29) is 12.0 Å². The Morgan fingerprint density at radius 2 is 1.49 bits per heavy atom. The average Bonchev–Trinajstić information content (AvgIpc) is 2.85. The second kappa shape index (κ2) is 14.4. The monoisotopic (exact) mass is 497 g/mol. The third-order valence-corrected chi connectivity index (χ3v) is 5.07. The minimum atomic E-state index is -4.51. The van der Waals surface area contributed by atoms with E-state index in [2.05, 4.69) is 0 Å². The largest absolute Gasteiger partial charge is 0.491 e. The van der Waals surface area contributed by atoms with E-state index in [4.69, 9.17) is 24.7 Å². The van der Waals surface area contributed by atoms with Crippen molar-refractivity contribution in [1.29, 1.82) is 0 Å². The van der Waals surface area contributed by atoms with Crippen LogP contribution in [0.3, 0.4) is 0 Å². The van der Waals surface area contributed by atoms with Crippen LogP contribution in [0.25, 0.3) is 0 Å².